The van der Waals surface area contributed by atoms with Crippen LogP contribution in [0.1, 0.15) is 32.8 Å². The van der Waals surface area contributed by atoms with Crippen molar-refractivity contribution in [2.24, 2.45) is 0 Å². The molecule has 0 amide bonds. The van der Waals surface area contributed by atoms with Crippen molar-refractivity contribution in [3.05, 3.63) is 23.6 Å². The van der Waals surface area contributed by atoms with Crippen LogP contribution in [0.5, 0.6) is 0 Å². The predicted octanol–water partition coefficient (Wildman–Crippen LogP) is 2.49. The molecule has 1 rings (SSSR count). The fourth-order valence-electron chi connectivity index (χ4n) is 1.11. The Morgan fingerprint density at radius 1 is 1.46 bits per heavy atom. The highest BCUT2D eigenvalue weighted by Gasteiger charge is 2.19. The Morgan fingerprint density at radius 3 is 2.54 bits per heavy atom. The number of halogens is 1. The van der Waals surface area contributed by atoms with Crippen LogP contribution < -0.4 is 5.73 Å². The fourth-order valence-corrected chi connectivity index (χ4v) is 1.11. The zero-order chi connectivity index (χ0) is 10.1. The number of pyridine rings is 1. The molecule has 1 heterocycles. The normalized spacial score (nSPS) is 11.7. The molecule has 0 unspecified atom stereocenters. The third-order valence-corrected chi connectivity index (χ3v) is 2.48. The number of nitrogen functional groups attached to an aromatic ring is 1. The lowest BCUT2D eigenvalue weighted by Gasteiger charge is -2.23. The Bertz CT molecular complexity index is 288. The van der Waals surface area contributed by atoms with Gasteiger partial charge in [0.15, 0.2) is 0 Å². The molecule has 0 spiro atoms. The van der Waals surface area contributed by atoms with Gasteiger partial charge in [-0.15, -0.1) is 0 Å². The van der Waals surface area contributed by atoms with Crippen LogP contribution >= 0.6 is 0 Å². The first-order valence-electron chi connectivity index (χ1n) is 4.39. The van der Waals surface area contributed by atoms with Gasteiger partial charge < -0.3 is 5.73 Å². The highest BCUT2D eigenvalue weighted by Crippen LogP contribution is 2.27. The molecule has 13 heavy (non-hydrogen) atoms. The smallest absolute Gasteiger partial charge is 0.215 e. The molecular weight excluding hydrogens is 167 g/mol. The summed E-state index contributed by atoms with van der Waals surface area (Å²) >= 11 is 0. The van der Waals surface area contributed by atoms with Crippen LogP contribution in [0.15, 0.2) is 12.1 Å². The quantitative estimate of drug-likeness (QED) is 0.714. The third-order valence-electron chi connectivity index (χ3n) is 2.48. The summed E-state index contributed by atoms with van der Waals surface area (Å²) in [5, 5.41) is 0. The molecule has 0 atom stereocenters. The molecule has 2 N–H and O–H groups in total. The standard InChI is InChI=1S/C10H15FN2/c1-4-10(2,3)7-5-8(11)13-9(12)6-7/h5-6H,4H2,1-3H3,(H2,12,13). The highest BCUT2D eigenvalue weighted by molar-refractivity contribution is 5.35. The van der Waals surface area contributed by atoms with Gasteiger partial charge in [-0.05, 0) is 29.5 Å². The lowest BCUT2D eigenvalue weighted by molar-refractivity contribution is 0.496. The van der Waals surface area contributed by atoms with Crippen LogP contribution in [0.2, 0.25) is 0 Å². The number of nitrogens with two attached hydrogens (primary N) is 1. The number of rotatable bonds is 2. The van der Waals surface area contributed by atoms with E-state index in [-0.39, 0.29) is 11.2 Å². The van der Waals surface area contributed by atoms with Crippen molar-refractivity contribution < 1.29 is 4.39 Å². The van der Waals surface area contributed by atoms with E-state index in [1.54, 1.807) is 6.07 Å². The molecule has 0 bridgehead atoms. The second-order valence-corrected chi connectivity index (χ2v) is 3.84. The summed E-state index contributed by atoms with van der Waals surface area (Å²) in [4.78, 5) is 3.49. The average molecular weight is 182 g/mol. The van der Waals surface area contributed by atoms with Crippen molar-refractivity contribution in [3.8, 4) is 0 Å². The van der Waals surface area contributed by atoms with E-state index in [1.165, 1.54) is 6.07 Å². The second kappa shape index (κ2) is 3.32. The minimum Gasteiger partial charge on any atom is -0.384 e. The number of anilines is 1. The van der Waals surface area contributed by atoms with Crippen LogP contribution in [-0.4, -0.2) is 4.98 Å². The van der Waals surface area contributed by atoms with E-state index in [1.807, 2.05) is 0 Å². The van der Waals surface area contributed by atoms with Gasteiger partial charge in [0.05, 0.1) is 0 Å². The van der Waals surface area contributed by atoms with Crippen LogP contribution in [0.3, 0.4) is 0 Å². The molecule has 0 aromatic carbocycles. The first-order valence-corrected chi connectivity index (χ1v) is 4.39. The molecule has 0 aliphatic carbocycles. The Balaban J connectivity index is 3.15. The molecule has 0 saturated heterocycles. The van der Waals surface area contributed by atoms with Crippen molar-refractivity contribution in [2.45, 2.75) is 32.6 Å². The summed E-state index contributed by atoms with van der Waals surface area (Å²) in [6.07, 6.45) is 0.940. The summed E-state index contributed by atoms with van der Waals surface area (Å²) in [6, 6.07) is 3.17. The fraction of sp³-hybridized carbons (Fsp3) is 0.500. The van der Waals surface area contributed by atoms with E-state index in [0.717, 1.165) is 12.0 Å². The van der Waals surface area contributed by atoms with Gasteiger partial charge in [0.1, 0.15) is 5.82 Å². The van der Waals surface area contributed by atoms with Crippen molar-refractivity contribution in [2.75, 3.05) is 5.73 Å². The zero-order valence-corrected chi connectivity index (χ0v) is 8.26. The summed E-state index contributed by atoms with van der Waals surface area (Å²) in [5.74, 6) is -0.256. The maximum Gasteiger partial charge on any atom is 0.215 e. The van der Waals surface area contributed by atoms with Gasteiger partial charge in [-0.25, -0.2) is 4.98 Å². The second-order valence-electron chi connectivity index (χ2n) is 3.84. The number of aromatic nitrogens is 1. The van der Waals surface area contributed by atoms with E-state index in [2.05, 4.69) is 25.8 Å². The number of hydrogen-bond donors (Lipinski definition) is 1. The van der Waals surface area contributed by atoms with Crippen LogP contribution in [0, 0.1) is 5.95 Å². The molecule has 2 nitrogen and oxygen atoms in total. The minimum atomic E-state index is -0.503. The molecular formula is C10H15FN2. The van der Waals surface area contributed by atoms with Gasteiger partial charge in [-0.2, -0.15) is 4.39 Å². The van der Waals surface area contributed by atoms with E-state index in [9.17, 15) is 4.39 Å². The summed E-state index contributed by atoms with van der Waals surface area (Å²) in [7, 11) is 0. The molecule has 0 saturated carbocycles. The van der Waals surface area contributed by atoms with Crippen LogP contribution in [0.25, 0.3) is 0 Å². The molecule has 1 aromatic rings. The summed E-state index contributed by atoms with van der Waals surface area (Å²) < 4.78 is 12.9. The molecule has 3 heteroatoms. The Morgan fingerprint density at radius 2 is 2.08 bits per heavy atom. The van der Waals surface area contributed by atoms with E-state index in [0.29, 0.717) is 0 Å². The Labute approximate surface area is 78.0 Å². The monoisotopic (exact) mass is 182 g/mol. The van der Waals surface area contributed by atoms with Gasteiger partial charge in [-0.3, -0.25) is 0 Å². The molecule has 72 valence electrons. The van der Waals surface area contributed by atoms with Gasteiger partial charge in [0, 0.05) is 0 Å². The Kier molecular flexibility index (Phi) is 2.55. The predicted molar refractivity (Wildman–Crippen MR) is 51.9 cm³/mol. The lowest BCUT2D eigenvalue weighted by atomic mass is 9.83. The average Bonchev–Trinajstić information content (AvgIpc) is 2.02. The molecule has 0 fully saturated rings. The van der Waals surface area contributed by atoms with Crippen LogP contribution in [0.4, 0.5) is 10.2 Å². The first-order chi connectivity index (χ1) is 5.95. The summed E-state index contributed by atoms with van der Waals surface area (Å²) in [6.45, 7) is 6.18. The zero-order valence-electron chi connectivity index (χ0n) is 8.26. The van der Waals surface area contributed by atoms with Crippen molar-refractivity contribution in [1.82, 2.24) is 4.98 Å². The van der Waals surface area contributed by atoms with Crippen molar-refractivity contribution in [1.29, 1.82) is 0 Å². The minimum absolute atomic E-state index is 0.0437. The largest absolute Gasteiger partial charge is 0.384 e. The van der Waals surface area contributed by atoms with Gasteiger partial charge in [0.2, 0.25) is 5.95 Å². The molecule has 0 aliphatic rings. The van der Waals surface area contributed by atoms with Gasteiger partial charge >= 0.3 is 0 Å². The Hall–Kier alpha value is -1.12. The SMILES string of the molecule is CCC(C)(C)c1cc(N)nc(F)c1. The van der Waals surface area contributed by atoms with Crippen LogP contribution in [-0.2, 0) is 5.41 Å². The van der Waals surface area contributed by atoms with Crippen molar-refractivity contribution >= 4 is 5.82 Å². The highest BCUT2D eigenvalue weighted by atomic mass is 19.1. The van der Waals surface area contributed by atoms with E-state index >= 15 is 0 Å². The van der Waals surface area contributed by atoms with E-state index in [4.69, 9.17) is 5.73 Å². The molecule has 1 aromatic heterocycles. The number of hydrogen-bond acceptors (Lipinski definition) is 2. The maximum absolute atomic E-state index is 12.9. The third kappa shape index (κ3) is 2.17. The first kappa shape index (κ1) is 9.96. The van der Waals surface area contributed by atoms with E-state index < -0.39 is 5.95 Å². The maximum atomic E-state index is 12.9. The van der Waals surface area contributed by atoms with Gasteiger partial charge in [0.25, 0.3) is 0 Å². The summed E-state index contributed by atoms with van der Waals surface area (Å²) in [5.41, 5.74) is 6.32. The van der Waals surface area contributed by atoms with Gasteiger partial charge in [-0.1, -0.05) is 20.8 Å². The number of nitrogens with zero attached hydrogens (tertiary/aromatic N) is 1. The molecule has 0 radical (unpaired) electrons. The molecule has 0 aliphatic heterocycles. The lowest BCUT2D eigenvalue weighted by Crippen LogP contribution is -2.16. The van der Waals surface area contributed by atoms with Crippen molar-refractivity contribution in [3.63, 3.8) is 0 Å². The topological polar surface area (TPSA) is 38.9 Å².